The molecule has 0 aromatic carbocycles. The van der Waals surface area contributed by atoms with Gasteiger partial charge >= 0.3 is 0 Å². The van der Waals surface area contributed by atoms with E-state index in [2.05, 4.69) is 34.9 Å². The first-order valence-corrected chi connectivity index (χ1v) is 12.8. The van der Waals surface area contributed by atoms with E-state index < -0.39 is 8.07 Å². The summed E-state index contributed by atoms with van der Waals surface area (Å²) in [5.74, 6) is 1.60. The van der Waals surface area contributed by atoms with Crippen molar-refractivity contribution in [1.82, 2.24) is 14.5 Å². The number of nitrogens with zero attached hydrogens (tertiary/aromatic N) is 3. The van der Waals surface area contributed by atoms with Crippen molar-refractivity contribution in [2.45, 2.75) is 51.7 Å². The minimum absolute atomic E-state index is 0.278. The van der Waals surface area contributed by atoms with E-state index >= 15 is 0 Å². The van der Waals surface area contributed by atoms with Crippen LogP contribution in [0.4, 0.5) is 5.82 Å². The van der Waals surface area contributed by atoms with Crippen LogP contribution < -0.4 is 5.32 Å². The molecular weight excluding hydrogens is 340 g/mol. The molecule has 3 rings (SSSR count). The van der Waals surface area contributed by atoms with Gasteiger partial charge in [-0.25, -0.2) is 4.98 Å². The second kappa shape index (κ2) is 7.41. The van der Waals surface area contributed by atoms with Crippen molar-refractivity contribution in [2.24, 2.45) is 5.92 Å². The van der Waals surface area contributed by atoms with E-state index in [1.165, 1.54) is 19.3 Å². The van der Waals surface area contributed by atoms with Crippen LogP contribution in [0.1, 0.15) is 19.3 Å². The van der Waals surface area contributed by atoms with Crippen molar-refractivity contribution in [3.05, 3.63) is 17.5 Å². The SMILES string of the molecule is C[Si](C)(C)CCOCn1ccc2c(NCC3CCC3)nc(Cl)nc21. The number of nitrogens with one attached hydrogen (secondary N) is 1. The van der Waals surface area contributed by atoms with Crippen LogP contribution in [-0.4, -0.2) is 35.8 Å². The molecule has 0 aliphatic heterocycles. The Morgan fingerprint density at radius 3 is 2.79 bits per heavy atom. The number of fused-ring (bicyclic) bond motifs is 1. The topological polar surface area (TPSA) is 52.0 Å². The molecule has 1 N–H and O–H groups in total. The highest BCUT2D eigenvalue weighted by Gasteiger charge is 2.18. The molecular formula is C17H27ClN4OSi. The van der Waals surface area contributed by atoms with E-state index in [1.54, 1.807) is 0 Å². The highest BCUT2D eigenvalue weighted by atomic mass is 35.5. The maximum atomic E-state index is 6.13. The minimum Gasteiger partial charge on any atom is -0.369 e. The smallest absolute Gasteiger partial charge is 0.226 e. The fourth-order valence-corrected chi connectivity index (χ4v) is 3.68. The van der Waals surface area contributed by atoms with E-state index in [0.29, 0.717) is 6.73 Å². The number of rotatable bonds is 8. The molecule has 0 spiro atoms. The number of aromatic nitrogens is 3. The lowest BCUT2D eigenvalue weighted by Crippen LogP contribution is -2.22. The van der Waals surface area contributed by atoms with Gasteiger partial charge in [0.15, 0.2) is 0 Å². The van der Waals surface area contributed by atoms with Crippen molar-refractivity contribution in [1.29, 1.82) is 0 Å². The molecule has 1 fully saturated rings. The maximum absolute atomic E-state index is 6.13. The van der Waals surface area contributed by atoms with Crippen molar-refractivity contribution < 1.29 is 4.74 Å². The fraction of sp³-hybridized carbons (Fsp3) is 0.647. The molecule has 0 saturated heterocycles. The lowest BCUT2D eigenvalue weighted by molar-refractivity contribution is 0.0899. The number of ether oxygens (including phenoxy) is 1. The van der Waals surface area contributed by atoms with Gasteiger partial charge in [-0.05, 0) is 42.5 Å². The second-order valence-corrected chi connectivity index (χ2v) is 13.8. The predicted octanol–water partition coefficient (Wildman–Crippen LogP) is 4.61. The third-order valence-corrected chi connectivity index (χ3v) is 6.47. The molecule has 5 nitrogen and oxygen atoms in total. The standard InChI is InChI=1S/C17H27ClN4OSi/c1-24(2,3)10-9-23-12-22-8-7-14-15(19-11-13-5-4-6-13)20-17(18)21-16(14)22/h7-8,13H,4-6,9-12H2,1-3H3,(H,19,20,21). The number of anilines is 1. The molecule has 2 heterocycles. The van der Waals surface area contributed by atoms with Gasteiger partial charge in [0.2, 0.25) is 5.28 Å². The van der Waals surface area contributed by atoms with Crippen LogP contribution in [0.25, 0.3) is 11.0 Å². The number of halogens is 1. The molecule has 0 bridgehead atoms. The van der Waals surface area contributed by atoms with Crippen molar-refractivity contribution in [3.8, 4) is 0 Å². The molecule has 0 radical (unpaired) electrons. The molecule has 0 unspecified atom stereocenters. The highest BCUT2D eigenvalue weighted by molar-refractivity contribution is 6.76. The van der Waals surface area contributed by atoms with Gasteiger partial charge in [-0.3, -0.25) is 0 Å². The van der Waals surface area contributed by atoms with Crippen LogP contribution in [0.5, 0.6) is 0 Å². The number of hydrogen-bond donors (Lipinski definition) is 1. The Balaban J connectivity index is 1.67. The Morgan fingerprint density at radius 1 is 1.33 bits per heavy atom. The Kier molecular flexibility index (Phi) is 5.47. The monoisotopic (exact) mass is 366 g/mol. The normalized spacial score (nSPS) is 15.7. The Bertz CT molecular complexity index is 694. The summed E-state index contributed by atoms with van der Waals surface area (Å²) >= 11 is 6.13. The predicted molar refractivity (Wildman–Crippen MR) is 102 cm³/mol. The third kappa shape index (κ3) is 4.49. The van der Waals surface area contributed by atoms with E-state index in [9.17, 15) is 0 Å². The first kappa shape index (κ1) is 17.7. The second-order valence-electron chi connectivity index (χ2n) is 7.89. The lowest BCUT2D eigenvalue weighted by atomic mass is 9.85. The van der Waals surface area contributed by atoms with E-state index in [4.69, 9.17) is 16.3 Å². The molecule has 0 atom stereocenters. The molecule has 132 valence electrons. The highest BCUT2D eigenvalue weighted by Crippen LogP contribution is 2.28. The summed E-state index contributed by atoms with van der Waals surface area (Å²) in [7, 11) is -1.06. The molecule has 24 heavy (non-hydrogen) atoms. The van der Waals surface area contributed by atoms with E-state index in [-0.39, 0.29) is 5.28 Å². The van der Waals surface area contributed by atoms with Gasteiger partial charge in [0.1, 0.15) is 18.2 Å². The van der Waals surface area contributed by atoms with Gasteiger partial charge in [0.05, 0.1) is 5.39 Å². The Hall–Kier alpha value is -1.11. The Labute approximate surface area is 149 Å². The summed E-state index contributed by atoms with van der Waals surface area (Å²) in [6.45, 7) is 9.32. The summed E-state index contributed by atoms with van der Waals surface area (Å²) in [6.07, 6.45) is 5.96. The first-order chi connectivity index (χ1) is 11.4. The van der Waals surface area contributed by atoms with Crippen LogP contribution in [0.15, 0.2) is 12.3 Å². The summed E-state index contributed by atoms with van der Waals surface area (Å²) in [5.41, 5.74) is 0.833. The molecule has 1 aliphatic carbocycles. The first-order valence-electron chi connectivity index (χ1n) is 8.76. The zero-order valence-electron chi connectivity index (χ0n) is 14.8. The molecule has 2 aromatic heterocycles. The molecule has 0 amide bonds. The van der Waals surface area contributed by atoms with E-state index in [1.807, 2.05) is 16.8 Å². The minimum atomic E-state index is -1.06. The molecule has 1 saturated carbocycles. The van der Waals surface area contributed by atoms with Gasteiger partial charge in [-0.1, -0.05) is 26.1 Å². The maximum Gasteiger partial charge on any atom is 0.226 e. The van der Waals surface area contributed by atoms with Crippen LogP contribution in [0.3, 0.4) is 0 Å². The number of hydrogen-bond acceptors (Lipinski definition) is 4. The van der Waals surface area contributed by atoms with Gasteiger partial charge in [-0.2, -0.15) is 4.98 Å². The zero-order chi connectivity index (χ0) is 17.2. The average molecular weight is 367 g/mol. The molecule has 1 aliphatic rings. The molecule has 7 heteroatoms. The van der Waals surface area contributed by atoms with Gasteiger partial charge < -0.3 is 14.6 Å². The summed E-state index contributed by atoms with van der Waals surface area (Å²) < 4.78 is 7.84. The lowest BCUT2D eigenvalue weighted by Gasteiger charge is -2.25. The molecule has 2 aromatic rings. The average Bonchev–Trinajstić information content (AvgIpc) is 2.84. The van der Waals surface area contributed by atoms with Crippen molar-refractivity contribution in [3.63, 3.8) is 0 Å². The van der Waals surface area contributed by atoms with Crippen LogP contribution in [-0.2, 0) is 11.5 Å². The van der Waals surface area contributed by atoms with Gasteiger partial charge in [0.25, 0.3) is 0 Å². The zero-order valence-corrected chi connectivity index (χ0v) is 16.6. The summed E-state index contributed by atoms with van der Waals surface area (Å²) in [6, 6.07) is 3.20. The van der Waals surface area contributed by atoms with Crippen molar-refractivity contribution >= 4 is 36.5 Å². The van der Waals surface area contributed by atoms with Crippen LogP contribution >= 0.6 is 11.6 Å². The Morgan fingerprint density at radius 2 is 2.12 bits per heavy atom. The van der Waals surface area contributed by atoms with Gasteiger partial charge in [-0.15, -0.1) is 0 Å². The third-order valence-electron chi connectivity index (χ3n) is 4.60. The van der Waals surface area contributed by atoms with Crippen LogP contribution in [0.2, 0.25) is 31.0 Å². The van der Waals surface area contributed by atoms with Gasteiger partial charge in [0, 0.05) is 27.4 Å². The van der Waals surface area contributed by atoms with E-state index in [0.717, 1.165) is 42.0 Å². The van der Waals surface area contributed by atoms with Crippen molar-refractivity contribution in [2.75, 3.05) is 18.5 Å². The largest absolute Gasteiger partial charge is 0.369 e. The summed E-state index contributed by atoms with van der Waals surface area (Å²) in [4.78, 5) is 8.76. The quantitative estimate of drug-likeness (QED) is 0.421. The fourth-order valence-electron chi connectivity index (χ4n) is 2.76. The summed E-state index contributed by atoms with van der Waals surface area (Å²) in [5, 5.41) is 4.73. The van der Waals surface area contributed by atoms with Crippen LogP contribution in [0, 0.1) is 5.92 Å².